The Hall–Kier alpha value is -3.62. The molecule has 0 heterocycles. The van der Waals surface area contributed by atoms with Crippen molar-refractivity contribution in [2.24, 2.45) is 5.10 Å². The lowest BCUT2D eigenvalue weighted by atomic mass is 10.1. The van der Waals surface area contributed by atoms with Crippen LogP contribution in [0.2, 0.25) is 0 Å². The van der Waals surface area contributed by atoms with Crippen LogP contribution in [0.5, 0.6) is 5.75 Å². The average Bonchev–Trinajstić information content (AvgIpc) is 2.78. The van der Waals surface area contributed by atoms with Gasteiger partial charge in [0.05, 0.1) is 30.5 Å². The van der Waals surface area contributed by atoms with Crippen LogP contribution in [0.4, 0.5) is 17.1 Å². The highest BCUT2D eigenvalue weighted by atomic mass is 16.6. The summed E-state index contributed by atoms with van der Waals surface area (Å²) in [6, 6.07) is 11.9. The Labute approximate surface area is 182 Å². The van der Waals surface area contributed by atoms with Crippen LogP contribution in [0.3, 0.4) is 0 Å². The van der Waals surface area contributed by atoms with E-state index in [9.17, 15) is 14.9 Å². The van der Waals surface area contributed by atoms with Crippen LogP contribution in [0, 0.1) is 10.1 Å². The smallest absolute Gasteiger partial charge is 0.270 e. The number of hydrogen-bond acceptors (Lipinski definition) is 7. The number of non-ortho nitro benzene ring substituents is 1. The van der Waals surface area contributed by atoms with Gasteiger partial charge in [-0.15, -0.1) is 0 Å². The van der Waals surface area contributed by atoms with Gasteiger partial charge in [-0.1, -0.05) is 25.5 Å². The molecule has 0 atom stereocenters. The maximum absolute atomic E-state index is 12.2. The van der Waals surface area contributed by atoms with Gasteiger partial charge < -0.3 is 15.0 Å². The minimum atomic E-state index is -0.445. The topological polar surface area (TPSA) is 109 Å². The summed E-state index contributed by atoms with van der Waals surface area (Å²) in [5.41, 5.74) is 4.53. The first-order valence-electron chi connectivity index (χ1n) is 10.2. The second-order valence-electron chi connectivity index (χ2n) is 6.78. The monoisotopic (exact) mass is 427 g/mol. The van der Waals surface area contributed by atoms with Gasteiger partial charge in [-0.05, 0) is 31.5 Å². The van der Waals surface area contributed by atoms with E-state index in [0.29, 0.717) is 17.0 Å². The van der Waals surface area contributed by atoms with Crippen molar-refractivity contribution in [2.75, 3.05) is 37.0 Å². The molecule has 166 valence electrons. The summed E-state index contributed by atoms with van der Waals surface area (Å²) in [5, 5.41) is 18.2. The molecule has 2 N–H and O–H groups in total. The first-order valence-corrected chi connectivity index (χ1v) is 10.2. The number of nitrogens with one attached hydrogen (secondary N) is 2. The Kier molecular flexibility index (Phi) is 9.28. The summed E-state index contributed by atoms with van der Waals surface area (Å²) in [7, 11) is 1.56. The SMILES string of the molecule is CCCCN(CC)c1ccc([N+](=O)[O-])cc1/C=N\NC(=O)CNc1ccccc1OC. The van der Waals surface area contributed by atoms with Crippen molar-refractivity contribution in [1.82, 2.24) is 5.43 Å². The first-order chi connectivity index (χ1) is 15.0. The molecule has 2 rings (SSSR count). The average molecular weight is 428 g/mol. The summed E-state index contributed by atoms with van der Waals surface area (Å²) in [5.74, 6) is 0.277. The van der Waals surface area contributed by atoms with Crippen LogP contribution >= 0.6 is 0 Å². The fourth-order valence-electron chi connectivity index (χ4n) is 3.02. The molecule has 0 saturated heterocycles. The number of para-hydroxylation sites is 2. The third kappa shape index (κ3) is 6.98. The lowest BCUT2D eigenvalue weighted by molar-refractivity contribution is -0.384. The van der Waals surface area contributed by atoms with E-state index in [1.807, 2.05) is 19.1 Å². The number of hydrogen-bond donors (Lipinski definition) is 2. The maximum Gasteiger partial charge on any atom is 0.270 e. The van der Waals surface area contributed by atoms with E-state index in [1.54, 1.807) is 25.3 Å². The van der Waals surface area contributed by atoms with E-state index in [1.165, 1.54) is 18.3 Å². The Balaban J connectivity index is 2.09. The minimum absolute atomic E-state index is 0.00288. The lowest BCUT2D eigenvalue weighted by Crippen LogP contribution is -2.27. The van der Waals surface area contributed by atoms with Gasteiger partial charge in [0.25, 0.3) is 11.6 Å². The van der Waals surface area contributed by atoms with Crippen molar-refractivity contribution >= 4 is 29.2 Å². The summed E-state index contributed by atoms with van der Waals surface area (Å²) < 4.78 is 5.24. The van der Waals surface area contributed by atoms with Crippen LogP contribution in [0.15, 0.2) is 47.6 Å². The molecule has 0 aliphatic carbocycles. The first kappa shape index (κ1) is 23.7. The molecule has 0 fully saturated rings. The lowest BCUT2D eigenvalue weighted by Gasteiger charge is -2.24. The molecular weight excluding hydrogens is 398 g/mol. The molecule has 0 aliphatic heterocycles. The van der Waals surface area contributed by atoms with Gasteiger partial charge >= 0.3 is 0 Å². The number of methoxy groups -OCH3 is 1. The number of unbranched alkanes of at least 4 members (excludes halogenated alkanes) is 1. The van der Waals surface area contributed by atoms with Crippen molar-refractivity contribution in [3.8, 4) is 5.75 Å². The van der Waals surface area contributed by atoms with Crippen LogP contribution in [-0.4, -0.2) is 43.8 Å². The van der Waals surface area contributed by atoms with Crippen molar-refractivity contribution in [1.29, 1.82) is 0 Å². The molecule has 31 heavy (non-hydrogen) atoms. The van der Waals surface area contributed by atoms with Gasteiger partial charge in [0, 0.05) is 36.5 Å². The fourth-order valence-corrected chi connectivity index (χ4v) is 3.02. The predicted octanol–water partition coefficient (Wildman–Crippen LogP) is 3.79. The Bertz CT molecular complexity index is 917. The van der Waals surface area contributed by atoms with Crippen molar-refractivity contribution in [3.63, 3.8) is 0 Å². The number of ether oxygens (including phenoxy) is 1. The second-order valence-corrected chi connectivity index (χ2v) is 6.78. The van der Waals surface area contributed by atoms with E-state index in [4.69, 9.17) is 4.74 Å². The van der Waals surface area contributed by atoms with Crippen LogP contribution < -0.4 is 20.4 Å². The molecule has 0 unspecified atom stereocenters. The van der Waals surface area contributed by atoms with E-state index in [0.717, 1.165) is 31.6 Å². The third-order valence-electron chi connectivity index (χ3n) is 4.67. The normalized spacial score (nSPS) is 10.7. The second kappa shape index (κ2) is 12.2. The molecule has 9 heteroatoms. The standard InChI is InChI=1S/C22H29N5O4/c1-4-6-13-26(5-2)20-12-11-18(27(29)30)14-17(20)15-24-25-22(28)16-23-19-9-7-8-10-21(19)31-3/h7-12,14-15,23H,4-6,13,16H2,1-3H3,(H,25,28)/b24-15-. The van der Waals surface area contributed by atoms with E-state index < -0.39 is 4.92 Å². The summed E-state index contributed by atoms with van der Waals surface area (Å²) in [6.45, 7) is 5.73. The van der Waals surface area contributed by atoms with Crippen molar-refractivity contribution in [2.45, 2.75) is 26.7 Å². The van der Waals surface area contributed by atoms with Gasteiger partial charge in [0.15, 0.2) is 0 Å². The minimum Gasteiger partial charge on any atom is -0.495 e. The number of hydrazone groups is 1. The number of carbonyl (C=O) groups is 1. The zero-order valence-corrected chi connectivity index (χ0v) is 18.1. The Morgan fingerprint density at radius 2 is 2.03 bits per heavy atom. The molecule has 0 spiro atoms. The maximum atomic E-state index is 12.2. The zero-order valence-electron chi connectivity index (χ0n) is 18.1. The Morgan fingerprint density at radius 3 is 2.71 bits per heavy atom. The molecule has 0 bridgehead atoms. The van der Waals surface area contributed by atoms with Crippen LogP contribution in [-0.2, 0) is 4.79 Å². The predicted molar refractivity (Wildman–Crippen MR) is 123 cm³/mol. The molecule has 2 aromatic rings. The number of nitrogens with zero attached hydrogens (tertiary/aromatic N) is 3. The molecule has 1 amide bonds. The highest BCUT2D eigenvalue weighted by Crippen LogP contribution is 2.25. The number of carbonyl (C=O) groups excluding carboxylic acids is 1. The number of anilines is 2. The number of benzene rings is 2. The fraction of sp³-hybridized carbons (Fsp3) is 0.364. The van der Waals surface area contributed by atoms with Gasteiger partial charge in [0.1, 0.15) is 5.75 Å². The molecular formula is C22H29N5O4. The molecule has 0 saturated carbocycles. The van der Waals surface area contributed by atoms with E-state index in [2.05, 4.69) is 27.7 Å². The quantitative estimate of drug-likeness (QED) is 0.303. The molecule has 0 radical (unpaired) electrons. The molecule has 0 aliphatic rings. The molecule has 9 nitrogen and oxygen atoms in total. The zero-order chi connectivity index (χ0) is 22.6. The summed E-state index contributed by atoms with van der Waals surface area (Å²) >= 11 is 0. The summed E-state index contributed by atoms with van der Waals surface area (Å²) in [6.07, 6.45) is 3.49. The number of amides is 1. The van der Waals surface area contributed by atoms with Gasteiger partial charge in [-0.2, -0.15) is 5.10 Å². The number of rotatable bonds is 12. The molecule has 2 aromatic carbocycles. The Morgan fingerprint density at radius 1 is 1.26 bits per heavy atom. The number of nitro groups is 1. The number of nitro benzene ring substituents is 1. The van der Waals surface area contributed by atoms with E-state index in [-0.39, 0.29) is 18.1 Å². The molecule has 0 aromatic heterocycles. The third-order valence-corrected chi connectivity index (χ3v) is 4.67. The van der Waals surface area contributed by atoms with Gasteiger partial charge in [-0.25, -0.2) is 5.43 Å². The van der Waals surface area contributed by atoms with Crippen molar-refractivity contribution < 1.29 is 14.5 Å². The summed E-state index contributed by atoms with van der Waals surface area (Å²) in [4.78, 5) is 25.0. The van der Waals surface area contributed by atoms with Crippen LogP contribution in [0.1, 0.15) is 32.3 Å². The highest BCUT2D eigenvalue weighted by Gasteiger charge is 2.14. The van der Waals surface area contributed by atoms with E-state index >= 15 is 0 Å². The van der Waals surface area contributed by atoms with Gasteiger partial charge in [0.2, 0.25) is 0 Å². The van der Waals surface area contributed by atoms with Gasteiger partial charge in [-0.3, -0.25) is 14.9 Å². The largest absolute Gasteiger partial charge is 0.495 e. The highest BCUT2D eigenvalue weighted by molar-refractivity contribution is 5.90. The van der Waals surface area contributed by atoms with Crippen molar-refractivity contribution in [3.05, 3.63) is 58.1 Å². The van der Waals surface area contributed by atoms with Crippen LogP contribution in [0.25, 0.3) is 0 Å².